The van der Waals surface area contributed by atoms with Gasteiger partial charge in [-0.15, -0.1) is 0 Å². The molecule has 0 radical (unpaired) electrons. The van der Waals surface area contributed by atoms with Gasteiger partial charge in [-0.3, -0.25) is 4.79 Å². The zero-order chi connectivity index (χ0) is 14.5. The lowest BCUT2D eigenvalue weighted by atomic mass is 9.93. The molecule has 20 heavy (non-hydrogen) atoms. The van der Waals surface area contributed by atoms with Crippen LogP contribution in [-0.4, -0.2) is 39.7 Å². The number of amides is 1. The summed E-state index contributed by atoms with van der Waals surface area (Å²) in [6.45, 7) is 2.56. The summed E-state index contributed by atoms with van der Waals surface area (Å²) in [7, 11) is 0. The number of anilines is 2. The molecule has 110 valence electrons. The highest BCUT2D eigenvalue weighted by molar-refractivity contribution is 5.97. The largest absolute Gasteiger partial charge is 0.393 e. The molecule has 0 saturated heterocycles. The van der Waals surface area contributed by atoms with Crippen LogP contribution < -0.4 is 16.4 Å². The number of aliphatic hydroxyl groups excluding tert-OH is 1. The summed E-state index contributed by atoms with van der Waals surface area (Å²) in [6, 6.07) is 0.257. The molecule has 0 bridgehead atoms. The van der Waals surface area contributed by atoms with Gasteiger partial charge in [0, 0.05) is 18.8 Å². The topological polar surface area (TPSA) is 113 Å². The predicted molar refractivity (Wildman–Crippen MR) is 76.6 cm³/mol. The van der Waals surface area contributed by atoms with Crippen LogP contribution in [0.25, 0.3) is 0 Å². The highest BCUT2D eigenvalue weighted by Crippen LogP contribution is 2.21. The number of hydrogen-bond donors (Lipinski definition) is 4. The molecule has 1 amide bonds. The van der Waals surface area contributed by atoms with Crippen LogP contribution in [0.5, 0.6) is 0 Å². The molecule has 1 aromatic heterocycles. The zero-order valence-electron chi connectivity index (χ0n) is 11.6. The Bertz CT molecular complexity index is 472. The van der Waals surface area contributed by atoms with Gasteiger partial charge in [0.2, 0.25) is 5.95 Å². The van der Waals surface area contributed by atoms with Gasteiger partial charge in [0.05, 0.1) is 11.7 Å². The van der Waals surface area contributed by atoms with Crippen molar-refractivity contribution in [3.63, 3.8) is 0 Å². The fourth-order valence-corrected chi connectivity index (χ4v) is 2.34. The molecule has 0 unspecified atom stereocenters. The fraction of sp³-hybridized carbons (Fsp3) is 0.615. The van der Waals surface area contributed by atoms with Gasteiger partial charge in [-0.1, -0.05) is 0 Å². The first-order valence-electron chi connectivity index (χ1n) is 6.95. The minimum Gasteiger partial charge on any atom is -0.393 e. The van der Waals surface area contributed by atoms with E-state index < -0.39 is 5.91 Å². The van der Waals surface area contributed by atoms with Crippen molar-refractivity contribution in [2.75, 3.05) is 17.2 Å². The van der Waals surface area contributed by atoms with Gasteiger partial charge >= 0.3 is 0 Å². The molecule has 1 aliphatic carbocycles. The van der Waals surface area contributed by atoms with Crippen molar-refractivity contribution in [3.05, 3.63) is 11.8 Å². The third-order valence-electron chi connectivity index (χ3n) is 3.43. The number of nitrogens with zero attached hydrogens (tertiary/aromatic N) is 2. The van der Waals surface area contributed by atoms with E-state index in [-0.39, 0.29) is 17.7 Å². The van der Waals surface area contributed by atoms with Crippen molar-refractivity contribution >= 4 is 17.7 Å². The van der Waals surface area contributed by atoms with E-state index in [4.69, 9.17) is 5.73 Å². The zero-order valence-corrected chi connectivity index (χ0v) is 11.6. The first-order chi connectivity index (χ1) is 9.60. The molecule has 0 atom stereocenters. The number of aromatic nitrogens is 2. The molecule has 1 heterocycles. The number of nitrogens with one attached hydrogen (secondary N) is 2. The summed E-state index contributed by atoms with van der Waals surface area (Å²) in [5.41, 5.74) is 5.58. The quantitative estimate of drug-likeness (QED) is 0.631. The van der Waals surface area contributed by atoms with Gasteiger partial charge in [-0.2, -0.15) is 4.98 Å². The Hall–Kier alpha value is -1.89. The molecule has 0 aromatic carbocycles. The molecule has 1 saturated carbocycles. The van der Waals surface area contributed by atoms with Gasteiger partial charge in [0.15, 0.2) is 0 Å². The van der Waals surface area contributed by atoms with Gasteiger partial charge < -0.3 is 21.5 Å². The Morgan fingerprint density at radius 1 is 1.45 bits per heavy atom. The summed E-state index contributed by atoms with van der Waals surface area (Å²) >= 11 is 0. The number of aliphatic hydroxyl groups is 1. The van der Waals surface area contributed by atoms with Crippen molar-refractivity contribution in [3.8, 4) is 0 Å². The lowest BCUT2D eigenvalue weighted by Gasteiger charge is -2.26. The minimum atomic E-state index is -0.548. The van der Waals surface area contributed by atoms with Gasteiger partial charge in [0.25, 0.3) is 5.91 Å². The van der Waals surface area contributed by atoms with E-state index >= 15 is 0 Å². The van der Waals surface area contributed by atoms with Gasteiger partial charge in [0.1, 0.15) is 5.82 Å². The summed E-state index contributed by atoms with van der Waals surface area (Å²) in [5.74, 6) is 0.383. The van der Waals surface area contributed by atoms with Crippen molar-refractivity contribution in [1.82, 2.24) is 9.97 Å². The Kier molecular flexibility index (Phi) is 4.73. The maximum atomic E-state index is 11.3. The van der Waals surface area contributed by atoms with Crippen molar-refractivity contribution in [2.24, 2.45) is 5.73 Å². The molecule has 0 spiro atoms. The molecule has 0 aliphatic heterocycles. The van der Waals surface area contributed by atoms with Crippen LogP contribution in [0.15, 0.2) is 6.20 Å². The minimum absolute atomic E-state index is 0.191. The third kappa shape index (κ3) is 3.57. The first-order valence-corrected chi connectivity index (χ1v) is 6.95. The van der Waals surface area contributed by atoms with Crippen LogP contribution in [0.2, 0.25) is 0 Å². The average molecular weight is 279 g/mol. The number of primary amides is 1. The summed E-state index contributed by atoms with van der Waals surface area (Å²) in [4.78, 5) is 19.7. The van der Waals surface area contributed by atoms with Crippen LogP contribution in [-0.2, 0) is 0 Å². The van der Waals surface area contributed by atoms with Crippen LogP contribution in [0.1, 0.15) is 43.0 Å². The summed E-state index contributed by atoms with van der Waals surface area (Å²) < 4.78 is 0. The van der Waals surface area contributed by atoms with Crippen LogP contribution in [0.4, 0.5) is 11.8 Å². The second-order valence-corrected chi connectivity index (χ2v) is 5.00. The van der Waals surface area contributed by atoms with E-state index in [0.29, 0.717) is 18.3 Å². The van der Waals surface area contributed by atoms with E-state index in [9.17, 15) is 9.90 Å². The Morgan fingerprint density at radius 2 is 2.15 bits per heavy atom. The monoisotopic (exact) mass is 279 g/mol. The highest BCUT2D eigenvalue weighted by Gasteiger charge is 2.20. The Morgan fingerprint density at radius 3 is 2.75 bits per heavy atom. The van der Waals surface area contributed by atoms with Crippen molar-refractivity contribution < 1.29 is 9.90 Å². The van der Waals surface area contributed by atoms with Crippen LogP contribution in [0.3, 0.4) is 0 Å². The molecule has 7 heteroatoms. The SMILES string of the molecule is CCNc1nc(NC2CCC(O)CC2)ncc1C(N)=O. The second-order valence-electron chi connectivity index (χ2n) is 5.00. The highest BCUT2D eigenvalue weighted by atomic mass is 16.3. The van der Waals surface area contributed by atoms with Crippen molar-refractivity contribution in [2.45, 2.75) is 44.8 Å². The normalized spacial score (nSPS) is 22.3. The van der Waals surface area contributed by atoms with Crippen LogP contribution >= 0.6 is 0 Å². The summed E-state index contributed by atoms with van der Waals surface area (Å²) in [5, 5.41) is 15.7. The second kappa shape index (κ2) is 6.51. The van der Waals surface area contributed by atoms with E-state index in [0.717, 1.165) is 25.7 Å². The average Bonchev–Trinajstić information content (AvgIpc) is 2.42. The number of hydrogen-bond acceptors (Lipinski definition) is 6. The molecule has 7 nitrogen and oxygen atoms in total. The first kappa shape index (κ1) is 14.5. The lowest BCUT2D eigenvalue weighted by molar-refractivity contribution is 0.100. The molecule has 1 fully saturated rings. The number of carbonyl (C=O) groups excluding carboxylic acids is 1. The Balaban J connectivity index is 2.08. The molecule has 1 aliphatic rings. The predicted octanol–water partition coefficient (Wildman–Crippen LogP) is 0.723. The van der Waals surface area contributed by atoms with E-state index in [2.05, 4.69) is 20.6 Å². The molecule has 1 aromatic rings. The Labute approximate surface area is 118 Å². The maximum absolute atomic E-state index is 11.3. The smallest absolute Gasteiger partial charge is 0.254 e. The van der Waals surface area contributed by atoms with E-state index in [1.54, 1.807) is 0 Å². The molecular weight excluding hydrogens is 258 g/mol. The molecular formula is C13H21N5O2. The van der Waals surface area contributed by atoms with Gasteiger partial charge in [-0.25, -0.2) is 4.98 Å². The maximum Gasteiger partial charge on any atom is 0.254 e. The van der Waals surface area contributed by atoms with Crippen LogP contribution in [0, 0.1) is 0 Å². The van der Waals surface area contributed by atoms with Gasteiger partial charge in [-0.05, 0) is 32.6 Å². The van der Waals surface area contributed by atoms with E-state index in [1.807, 2.05) is 6.92 Å². The number of nitrogens with two attached hydrogens (primary N) is 1. The van der Waals surface area contributed by atoms with Crippen molar-refractivity contribution in [1.29, 1.82) is 0 Å². The summed E-state index contributed by atoms with van der Waals surface area (Å²) in [6.07, 6.45) is 4.60. The fourth-order valence-electron chi connectivity index (χ4n) is 2.34. The number of carbonyl (C=O) groups is 1. The standard InChI is InChI=1S/C13H21N5O2/c1-2-15-12-10(11(14)20)7-16-13(18-12)17-8-3-5-9(19)6-4-8/h7-9,19H,2-6H2,1H3,(H2,14,20)(H2,15,16,17,18). The van der Waals surface area contributed by atoms with E-state index in [1.165, 1.54) is 6.20 Å². The number of rotatable bonds is 5. The molecule has 5 N–H and O–H groups in total. The molecule has 2 rings (SSSR count). The third-order valence-corrected chi connectivity index (χ3v) is 3.43. The lowest BCUT2D eigenvalue weighted by Crippen LogP contribution is -2.29.